The van der Waals surface area contributed by atoms with E-state index in [0.29, 0.717) is 17.0 Å². The van der Waals surface area contributed by atoms with Crippen LogP contribution in [0.25, 0.3) is 16.6 Å². The lowest BCUT2D eigenvalue weighted by atomic mass is 10.0. The molecule has 8 heteroatoms. The van der Waals surface area contributed by atoms with Crippen molar-refractivity contribution in [3.63, 3.8) is 0 Å². The van der Waals surface area contributed by atoms with E-state index in [1.807, 2.05) is 0 Å². The molecule has 1 amide bonds. The highest BCUT2D eigenvalue weighted by molar-refractivity contribution is 5.84. The predicted molar refractivity (Wildman–Crippen MR) is 124 cm³/mol. The van der Waals surface area contributed by atoms with Crippen molar-refractivity contribution >= 4 is 16.8 Å². The van der Waals surface area contributed by atoms with Gasteiger partial charge in [-0.3, -0.25) is 4.79 Å². The van der Waals surface area contributed by atoms with E-state index in [1.165, 1.54) is 38.1 Å². The van der Waals surface area contributed by atoms with Crippen LogP contribution in [-0.4, -0.2) is 27.4 Å². The summed E-state index contributed by atoms with van der Waals surface area (Å²) in [6, 6.07) is 16.5. The van der Waals surface area contributed by atoms with Gasteiger partial charge in [0.05, 0.1) is 23.4 Å². The molecule has 0 aliphatic rings. The summed E-state index contributed by atoms with van der Waals surface area (Å²) in [4.78, 5) is 12.2. The standard InChI is InChI=1S/C26H24F3N3O2/c1-16(31-25(33)26(2,3)29)24(17-5-4-6-20(28)13-17)34-22-11-12-23-18(14-22)15-30-32(23)21-9-7-19(27)8-10-21/h4-16,24H,1-3H3,(H,31,33)/t16-,24+/m0/s1. The van der Waals surface area contributed by atoms with E-state index in [2.05, 4.69) is 10.4 Å². The van der Waals surface area contributed by atoms with Crippen molar-refractivity contribution in [2.45, 2.75) is 38.6 Å². The highest BCUT2D eigenvalue weighted by atomic mass is 19.1. The number of carbonyl (C=O) groups is 1. The summed E-state index contributed by atoms with van der Waals surface area (Å²) in [6.07, 6.45) is 0.867. The van der Waals surface area contributed by atoms with Crippen molar-refractivity contribution in [3.8, 4) is 11.4 Å². The lowest BCUT2D eigenvalue weighted by Gasteiger charge is -2.28. The number of aromatic nitrogens is 2. The summed E-state index contributed by atoms with van der Waals surface area (Å²) in [5.41, 5.74) is -0.101. The number of halogens is 3. The van der Waals surface area contributed by atoms with Crippen molar-refractivity contribution < 1.29 is 22.7 Å². The summed E-state index contributed by atoms with van der Waals surface area (Å²) in [7, 11) is 0. The summed E-state index contributed by atoms with van der Waals surface area (Å²) >= 11 is 0. The van der Waals surface area contributed by atoms with Crippen LogP contribution in [0.2, 0.25) is 0 Å². The zero-order valence-corrected chi connectivity index (χ0v) is 18.9. The number of hydrogen-bond acceptors (Lipinski definition) is 3. The Bertz CT molecular complexity index is 1310. The number of carbonyl (C=O) groups excluding carboxylic acids is 1. The van der Waals surface area contributed by atoms with Crippen LogP contribution in [0, 0.1) is 11.6 Å². The maximum Gasteiger partial charge on any atom is 0.257 e. The summed E-state index contributed by atoms with van der Waals surface area (Å²) < 4.78 is 49.2. The molecule has 5 nitrogen and oxygen atoms in total. The minimum atomic E-state index is -2.07. The molecule has 1 heterocycles. The van der Waals surface area contributed by atoms with Crippen LogP contribution in [0.3, 0.4) is 0 Å². The fraction of sp³-hybridized carbons (Fsp3) is 0.231. The molecule has 34 heavy (non-hydrogen) atoms. The largest absolute Gasteiger partial charge is 0.484 e. The molecule has 0 saturated heterocycles. The predicted octanol–water partition coefficient (Wildman–Crippen LogP) is 5.68. The minimum absolute atomic E-state index is 0.336. The first-order valence-electron chi connectivity index (χ1n) is 10.8. The topological polar surface area (TPSA) is 56.1 Å². The van der Waals surface area contributed by atoms with Crippen molar-refractivity contribution in [2.24, 2.45) is 0 Å². The molecule has 2 atom stereocenters. The first-order valence-corrected chi connectivity index (χ1v) is 10.8. The van der Waals surface area contributed by atoms with Gasteiger partial charge >= 0.3 is 0 Å². The normalized spacial score (nSPS) is 13.5. The first-order chi connectivity index (χ1) is 16.1. The molecule has 0 aliphatic heterocycles. The Morgan fingerprint density at radius 2 is 1.76 bits per heavy atom. The van der Waals surface area contributed by atoms with E-state index in [9.17, 15) is 18.0 Å². The molecule has 4 rings (SSSR count). The average Bonchev–Trinajstić information content (AvgIpc) is 3.20. The number of hydrogen-bond donors (Lipinski definition) is 1. The highest BCUT2D eigenvalue weighted by Crippen LogP contribution is 2.29. The van der Waals surface area contributed by atoms with Crippen LogP contribution in [0.4, 0.5) is 13.2 Å². The molecule has 1 N–H and O–H groups in total. The number of amides is 1. The van der Waals surface area contributed by atoms with Gasteiger partial charge in [-0.15, -0.1) is 0 Å². The molecule has 0 fully saturated rings. The third-order valence-electron chi connectivity index (χ3n) is 5.40. The monoisotopic (exact) mass is 467 g/mol. The molecule has 0 saturated carbocycles. The van der Waals surface area contributed by atoms with Gasteiger partial charge in [0, 0.05) is 5.39 Å². The number of nitrogens with one attached hydrogen (secondary N) is 1. The second kappa shape index (κ2) is 9.21. The number of rotatable bonds is 7. The van der Waals surface area contributed by atoms with Crippen LogP contribution < -0.4 is 10.1 Å². The van der Waals surface area contributed by atoms with Crippen molar-refractivity contribution in [2.75, 3.05) is 0 Å². The van der Waals surface area contributed by atoms with Gasteiger partial charge in [-0.25, -0.2) is 17.9 Å². The average molecular weight is 467 g/mol. The number of nitrogens with zero attached hydrogens (tertiary/aromatic N) is 2. The number of ether oxygens (including phenoxy) is 1. The fourth-order valence-electron chi connectivity index (χ4n) is 3.62. The van der Waals surface area contributed by atoms with Crippen LogP contribution in [0.5, 0.6) is 5.75 Å². The van der Waals surface area contributed by atoms with Gasteiger partial charge in [-0.05, 0) is 80.9 Å². The van der Waals surface area contributed by atoms with E-state index in [1.54, 1.807) is 60.3 Å². The minimum Gasteiger partial charge on any atom is -0.484 e. The second-order valence-electron chi connectivity index (χ2n) is 8.58. The maximum atomic E-state index is 14.1. The van der Waals surface area contributed by atoms with Gasteiger partial charge in [0.15, 0.2) is 5.67 Å². The fourth-order valence-corrected chi connectivity index (χ4v) is 3.62. The van der Waals surface area contributed by atoms with Crippen molar-refractivity contribution in [3.05, 3.63) is 90.1 Å². The SMILES string of the molecule is C[C@H](NC(=O)C(C)(C)F)[C@@H](Oc1ccc2c(cnn2-c2ccc(F)cc2)c1)c1cccc(F)c1. The number of benzene rings is 3. The second-order valence-corrected chi connectivity index (χ2v) is 8.58. The van der Waals surface area contributed by atoms with Gasteiger partial charge in [-0.2, -0.15) is 5.10 Å². The third-order valence-corrected chi connectivity index (χ3v) is 5.40. The van der Waals surface area contributed by atoms with Crippen LogP contribution in [0.15, 0.2) is 72.9 Å². The van der Waals surface area contributed by atoms with Gasteiger partial charge in [0.2, 0.25) is 0 Å². The van der Waals surface area contributed by atoms with Gasteiger partial charge in [-0.1, -0.05) is 12.1 Å². The number of alkyl halides is 1. The molecule has 0 radical (unpaired) electrons. The Labute approximate surface area is 195 Å². The van der Waals surface area contributed by atoms with Crippen LogP contribution >= 0.6 is 0 Å². The quantitative estimate of drug-likeness (QED) is 0.381. The molecular formula is C26H24F3N3O2. The first kappa shape index (κ1) is 23.4. The van der Waals surface area contributed by atoms with Gasteiger partial charge in [0.1, 0.15) is 23.5 Å². The Morgan fingerprint density at radius 1 is 1.03 bits per heavy atom. The Kier molecular flexibility index (Phi) is 6.32. The zero-order chi connectivity index (χ0) is 24.5. The maximum absolute atomic E-state index is 14.1. The van der Waals surface area contributed by atoms with Gasteiger partial charge in [0.25, 0.3) is 5.91 Å². The van der Waals surface area contributed by atoms with Crippen molar-refractivity contribution in [1.82, 2.24) is 15.1 Å². The zero-order valence-electron chi connectivity index (χ0n) is 18.9. The Hall–Kier alpha value is -3.81. The Morgan fingerprint density at radius 3 is 2.44 bits per heavy atom. The van der Waals surface area contributed by atoms with Crippen molar-refractivity contribution in [1.29, 1.82) is 0 Å². The summed E-state index contributed by atoms with van der Waals surface area (Å²) in [5.74, 6) is -1.12. The van der Waals surface area contributed by atoms with E-state index in [4.69, 9.17) is 4.74 Å². The van der Waals surface area contributed by atoms with E-state index >= 15 is 0 Å². The molecule has 0 spiro atoms. The molecule has 0 aliphatic carbocycles. The summed E-state index contributed by atoms with van der Waals surface area (Å²) in [5, 5.41) is 7.76. The summed E-state index contributed by atoms with van der Waals surface area (Å²) in [6.45, 7) is 4.00. The van der Waals surface area contributed by atoms with Gasteiger partial charge < -0.3 is 10.1 Å². The van der Waals surface area contributed by atoms with E-state index in [-0.39, 0.29) is 5.82 Å². The molecule has 4 aromatic rings. The molecule has 3 aromatic carbocycles. The molecule has 176 valence electrons. The number of fused-ring (bicyclic) bond motifs is 1. The molecule has 1 aromatic heterocycles. The van der Waals surface area contributed by atoms with E-state index < -0.39 is 29.5 Å². The van der Waals surface area contributed by atoms with Crippen LogP contribution in [0.1, 0.15) is 32.4 Å². The molecule has 0 bridgehead atoms. The molecule has 0 unspecified atom stereocenters. The smallest absolute Gasteiger partial charge is 0.257 e. The molecular weight excluding hydrogens is 443 g/mol. The lowest BCUT2D eigenvalue weighted by Crippen LogP contribution is -2.46. The van der Waals surface area contributed by atoms with E-state index in [0.717, 1.165) is 10.9 Å². The third kappa shape index (κ3) is 5.06. The lowest BCUT2D eigenvalue weighted by molar-refractivity contribution is -0.132. The van der Waals surface area contributed by atoms with Crippen LogP contribution in [-0.2, 0) is 4.79 Å². The Balaban J connectivity index is 1.64. The highest BCUT2D eigenvalue weighted by Gasteiger charge is 2.31.